The monoisotopic (exact) mass is 280 g/mol. The van der Waals surface area contributed by atoms with E-state index in [1.165, 1.54) is 11.8 Å². The van der Waals surface area contributed by atoms with Gasteiger partial charge in [0.2, 0.25) is 5.91 Å². The molecule has 8 heteroatoms. The summed E-state index contributed by atoms with van der Waals surface area (Å²) in [6, 6.07) is 0.283. The standard InChI is InChI=1S/C11H16N6OS/c1-8(2)17-7-15-16-11(17)19-5-10(18)13-4-9-3-12-6-14-9/h3,6-8H,4-5H2,1-2H3,(H,12,14)(H,13,18). The van der Waals surface area contributed by atoms with Crippen molar-refractivity contribution in [3.63, 3.8) is 0 Å². The molecule has 102 valence electrons. The van der Waals surface area contributed by atoms with Crippen LogP contribution in [0.1, 0.15) is 25.6 Å². The van der Waals surface area contributed by atoms with E-state index < -0.39 is 0 Å². The van der Waals surface area contributed by atoms with Gasteiger partial charge < -0.3 is 14.9 Å². The van der Waals surface area contributed by atoms with E-state index in [0.717, 1.165) is 10.9 Å². The van der Waals surface area contributed by atoms with Gasteiger partial charge in [0.25, 0.3) is 0 Å². The highest BCUT2D eigenvalue weighted by atomic mass is 32.2. The first kappa shape index (κ1) is 13.6. The van der Waals surface area contributed by atoms with Crippen LogP contribution >= 0.6 is 11.8 Å². The van der Waals surface area contributed by atoms with Crippen LogP contribution in [0.25, 0.3) is 0 Å². The molecule has 7 nitrogen and oxygen atoms in total. The summed E-state index contributed by atoms with van der Waals surface area (Å²) in [5.41, 5.74) is 0.878. The average molecular weight is 280 g/mol. The minimum Gasteiger partial charge on any atom is -0.350 e. The lowest BCUT2D eigenvalue weighted by molar-refractivity contribution is -0.118. The van der Waals surface area contributed by atoms with Gasteiger partial charge in [-0.25, -0.2) is 4.98 Å². The van der Waals surface area contributed by atoms with Gasteiger partial charge in [0, 0.05) is 12.2 Å². The van der Waals surface area contributed by atoms with Crippen molar-refractivity contribution in [3.8, 4) is 0 Å². The van der Waals surface area contributed by atoms with E-state index in [-0.39, 0.29) is 11.9 Å². The zero-order valence-corrected chi connectivity index (χ0v) is 11.6. The molecule has 0 aliphatic carbocycles. The van der Waals surface area contributed by atoms with Gasteiger partial charge in [0.05, 0.1) is 24.3 Å². The molecule has 0 aliphatic rings. The van der Waals surface area contributed by atoms with E-state index in [1.807, 2.05) is 18.4 Å². The van der Waals surface area contributed by atoms with E-state index in [4.69, 9.17) is 0 Å². The summed E-state index contributed by atoms with van der Waals surface area (Å²) in [7, 11) is 0. The molecule has 2 aromatic rings. The van der Waals surface area contributed by atoms with E-state index >= 15 is 0 Å². The molecule has 2 rings (SSSR count). The molecule has 19 heavy (non-hydrogen) atoms. The molecule has 0 aliphatic heterocycles. The minimum atomic E-state index is -0.0436. The molecule has 0 fully saturated rings. The molecule has 2 heterocycles. The zero-order valence-electron chi connectivity index (χ0n) is 10.8. The molecule has 1 amide bonds. The van der Waals surface area contributed by atoms with E-state index in [1.54, 1.807) is 18.9 Å². The third-order valence-electron chi connectivity index (χ3n) is 2.46. The number of hydrogen-bond acceptors (Lipinski definition) is 5. The Kier molecular flexibility index (Phi) is 4.56. The maximum atomic E-state index is 11.7. The number of rotatable bonds is 6. The molecule has 2 aromatic heterocycles. The smallest absolute Gasteiger partial charge is 0.230 e. The first-order chi connectivity index (χ1) is 9.16. The molecule has 0 spiro atoms. The van der Waals surface area contributed by atoms with Crippen molar-refractivity contribution in [2.45, 2.75) is 31.6 Å². The second kappa shape index (κ2) is 6.37. The highest BCUT2D eigenvalue weighted by Crippen LogP contribution is 2.18. The maximum Gasteiger partial charge on any atom is 0.230 e. The highest BCUT2D eigenvalue weighted by molar-refractivity contribution is 7.99. The summed E-state index contributed by atoms with van der Waals surface area (Å²) >= 11 is 1.38. The molecule has 0 atom stereocenters. The van der Waals surface area contributed by atoms with Gasteiger partial charge in [-0.15, -0.1) is 10.2 Å². The summed E-state index contributed by atoms with van der Waals surface area (Å²) in [4.78, 5) is 18.5. The first-order valence-electron chi connectivity index (χ1n) is 5.93. The van der Waals surface area contributed by atoms with Crippen LogP contribution in [0.3, 0.4) is 0 Å². The first-order valence-corrected chi connectivity index (χ1v) is 6.91. The lowest BCUT2D eigenvalue weighted by atomic mass is 10.4. The number of aromatic nitrogens is 5. The van der Waals surface area contributed by atoms with Gasteiger partial charge in [0.15, 0.2) is 5.16 Å². The number of carbonyl (C=O) groups excluding carboxylic acids is 1. The van der Waals surface area contributed by atoms with Crippen LogP contribution < -0.4 is 5.32 Å². The van der Waals surface area contributed by atoms with Crippen LogP contribution in [0, 0.1) is 0 Å². The summed E-state index contributed by atoms with van der Waals surface area (Å²) in [6.07, 6.45) is 4.94. The number of amides is 1. The lowest BCUT2D eigenvalue weighted by Gasteiger charge is -2.09. The molecule has 2 N–H and O–H groups in total. The van der Waals surface area contributed by atoms with Gasteiger partial charge in [-0.1, -0.05) is 11.8 Å². The number of nitrogens with zero attached hydrogens (tertiary/aromatic N) is 4. The molecule has 0 bridgehead atoms. The molecule has 0 unspecified atom stereocenters. The number of thioether (sulfide) groups is 1. The molecule has 0 saturated heterocycles. The van der Waals surface area contributed by atoms with Crippen molar-refractivity contribution in [1.82, 2.24) is 30.0 Å². The molecular formula is C11H16N6OS. The molecule has 0 saturated carbocycles. The van der Waals surface area contributed by atoms with Crippen molar-refractivity contribution in [2.24, 2.45) is 0 Å². The Balaban J connectivity index is 1.78. The normalized spacial score (nSPS) is 10.9. The number of nitrogens with one attached hydrogen (secondary N) is 2. The summed E-state index contributed by atoms with van der Waals surface area (Å²) < 4.78 is 1.94. The minimum absolute atomic E-state index is 0.0436. The molecular weight excluding hydrogens is 264 g/mol. The largest absolute Gasteiger partial charge is 0.350 e. The Morgan fingerprint density at radius 2 is 2.42 bits per heavy atom. The van der Waals surface area contributed by atoms with E-state index in [2.05, 4.69) is 25.5 Å². The summed E-state index contributed by atoms with van der Waals surface area (Å²) in [5.74, 6) is 0.275. The number of hydrogen-bond donors (Lipinski definition) is 2. The van der Waals surface area contributed by atoms with Gasteiger partial charge in [-0.3, -0.25) is 4.79 Å². The van der Waals surface area contributed by atoms with Gasteiger partial charge in [-0.05, 0) is 13.8 Å². The quantitative estimate of drug-likeness (QED) is 0.770. The van der Waals surface area contributed by atoms with Crippen LogP contribution in [-0.2, 0) is 11.3 Å². The summed E-state index contributed by atoms with van der Waals surface area (Å²) in [6.45, 7) is 4.55. The number of aromatic amines is 1. The Bertz CT molecular complexity index is 521. The van der Waals surface area contributed by atoms with Gasteiger partial charge in [0.1, 0.15) is 6.33 Å². The Morgan fingerprint density at radius 1 is 1.58 bits per heavy atom. The fourth-order valence-corrected chi connectivity index (χ4v) is 2.32. The number of carbonyl (C=O) groups is 1. The second-order valence-electron chi connectivity index (χ2n) is 4.26. The average Bonchev–Trinajstić information content (AvgIpc) is 3.04. The SMILES string of the molecule is CC(C)n1cnnc1SCC(=O)NCc1cnc[nH]1. The topological polar surface area (TPSA) is 88.5 Å². The van der Waals surface area contributed by atoms with Crippen LogP contribution in [0.5, 0.6) is 0 Å². The predicted octanol–water partition coefficient (Wildman–Crippen LogP) is 0.991. The van der Waals surface area contributed by atoms with Crippen LogP contribution in [-0.4, -0.2) is 36.4 Å². The fourth-order valence-electron chi connectivity index (χ4n) is 1.45. The maximum absolute atomic E-state index is 11.7. The Hall–Kier alpha value is -1.83. The van der Waals surface area contributed by atoms with Crippen molar-refractivity contribution in [1.29, 1.82) is 0 Å². The van der Waals surface area contributed by atoms with Crippen molar-refractivity contribution >= 4 is 17.7 Å². The molecule has 0 radical (unpaired) electrons. The van der Waals surface area contributed by atoms with Crippen molar-refractivity contribution in [3.05, 3.63) is 24.5 Å². The van der Waals surface area contributed by atoms with Gasteiger partial charge in [-0.2, -0.15) is 0 Å². The highest BCUT2D eigenvalue weighted by Gasteiger charge is 2.10. The number of H-pyrrole nitrogens is 1. The number of imidazole rings is 1. The third kappa shape index (κ3) is 3.82. The Labute approximate surface area is 115 Å². The zero-order chi connectivity index (χ0) is 13.7. The molecule has 0 aromatic carbocycles. The fraction of sp³-hybridized carbons (Fsp3) is 0.455. The Morgan fingerprint density at radius 3 is 3.11 bits per heavy atom. The van der Waals surface area contributed by atoms with Gasteiger partial charge >= 0.3 is 0 Å². The lowest BCUT2D eigenvalue weighted by Crippen LogP contribution is -2.24. The van der Waals surface area contributed by atoms with Crippen LogP contribution in [0.4, 0.5) is 0 Å². The van der Waals surface area contributed by atoms with Crippen LogP contribution in [0.2, 0.25) is 0 Å². The third-order valence-corrected chi connectivity index (χ3v) is 3.42. The second-order valence-corrected chi connectivity index (χ2v) is 5.20. The van der Waals surface area contributed by atoms with Crippen molar-refractivity contribution in [2.75, 3.05) is 5.75 Å². The van der Waals surface area contributed by atoms with E-state index in [0.29, 0.717) is 12.3 Å². The van der Waals surface area contributed by atoms with E-state index in [9.17, 15) is 4.79 Å². The van der Waals surface area contributed by atoms with Crippen LogP contribution in [0.15, 0.2) is 24.0 Å². The summed E-state index contributed by atoms with van der Waals surface area (Å²) in [5, 5.41) is 11.4. The van der Waals surface area contributed by atoms with Crippen molar-refractivity contribution < 1.29 is 4.79 Å². The predicted molar refractivity (Wildman–Crippen MR) is 71.6 cm³/mol.